The summed E-state index contributed by atoms with van der Waals surface area (Å²) in [6, 6.07) is 18.5. The molecule has 29 heavy (non-hydrogen) atoms. The van der Waals surface area contributed by atoms with Crippen LogP contribution in [0.4, 0.5) is 5.69 Å². The highest BCUT2D eigenvalue weighted by Crippen LogP contribution is 2.23. The fraction of sp³-hybridized carbons (Fsp3) is 0.136. The quantitative estimate of drug-likeness (QED) is 0.522. The van der Waals surface area contributed by atoms with E-state index in [0.29, 0.717) is 15.7 Å². The number of nitrogens with one attached hydrogen (secondary N) is 1. The maximum absolute atomic E-state index is 12.4. The number of rotatable bonds is 7. The Bertz CT molecular complexity index is 1130. The van der Waals surface area contributed by atoms with Gasteiger partial charge in [-0.15, -0.1) is 0 Å². The maximum atomic E-state index is 12.4. The van der Waals surface area contributed by atoms with Gasteiger partial charge in [-0.2, -0.15) is 0 Å². The van der Waals surface area contributed by atoms with E-state index in [-0.39, 0.29) is 23.5 Å². The van der Waals surface area contributed by atoms with Crippen molar-refractivity contribution in [3.05, 3.63) is 93.5 Å². The molecule has 3 aromatic carbocycles. The molecular formula is C22H19Cl2NO3S. The summed E-state index contributed by atoms with van der Waals surface area (Å²) in [5.74, 6) is 0.0244. The number of Topliss-reactive ketones (excluding diaryl/α,β-unsaturated/α-hetero) is 1. The van der Waals surface area contributed by atoms with Crippen molar-refractivity contribution in [3.63, 3.8) is 0 Å². The lowest BCUT2D eigenvalue weighted by molar-refractivity contribution is -0.117. The summed E-state index contributed by atoms with van der Waals surface area (Å²) in [6.45, 7) is 1.89. The molecule has 0 aromatic heterocycles. The van der Waals surface area contributed by atoms with E-state index >= 15 is 0 Å². The number of aryl methyl sites for hydroxylation is 1. The number of ketones is 1. The van der Waals surface area contributed by atoms with Gasteiger partial charge in [-0.1, -0.05) is 59.1 Å². The second kappa shape index (κ2) is 8.99. The molecule has 0 heterocycles. The third kappa shape index (κ3) is 5.82. The summed E-state index contributed by atoms with van der Waals surface area (Å²) in [5.41, 5.74) is 3.02. The lowest BCUT2D eigenvalue weighted by Crippen LogP contribution is -2.13. The first-order valence-corrected chi connectivity index (χ1v) is 11.1. The number of sulfonamides is 1. The summed E-state index contributed by atoms with van der Waals surface area (Å²) >= 11 is 11.9. The Morgan fingerprint density at radius 2 is 1.41 bits per heavy atom. The van der Waals surface area contributed by atoms with E-state index in [9.17, 15) is 13.2 Å². The first kappa shape index (κ1) is 21.4. The lowest BCUT2D eigenvalue weighted by Gasteiger charge is -2.09. The molecule has 3 aromatic rings. The van der Waals surface area contributed by atoms with Crippen LogP contribution in [0.1, 0.15) is 16.7 Å². The van der Waals surface area contributed by atoms with Crippen LogP contribution in [0, 0.1) is 6.92 Å². The second-order valence-electron chi connectivity index (χ2n) is 6.76. The van der Waals surface area contributed by atoms with Crippen LogP contribution in [-0.4, -0.2) is 14.2 Å². The zero-order valence-corrected chi connectivity index (χ0v) is 18.0. The summed E-state index contributed by atoms with van der Waals surface area (Å²) in [7, 11) is -3.65. The van der Waals surface area contributed by atoms with Gasteiger partial charge in [-0.05, 0) is 54.4 Å². The molecule has 0 aliphatic rings. The summed E-state index contributed by atoms with van der Waals surface area (Å²) in [5, 5.41) is 0.869. The molecule has 0 bridgehead atoms. The van der Waals surface area contributed by atoms with Crippen LogP contribution >= 0.6 is 23.2 Å². The van der Waals surface area contributed by atoms with Crippen LogP contribution in [0.2, 0.25) is 10.0 Å². The highest BCUT2D eigenvalue weighted by Gasteiger charge is 2.14. The minimum Gasteiger partial charge on any atom is -0.299 e. The Kier molecular flexibility index (Phi) is 6.63. The summed E-state index contributed by atoms with van der Waals surface area (Å²) in [4.78, 5) is 12.5. The van der Waals surface area contributed by atoms with Gasteiger partial charge in [0.05, 0.1) is 14.9 Å². The SMILES string of the molecule is Cc1ccc(S(=O)(=O)Nc2ccc(CC(=O)Cc3ccc(Cl)c(Cl)c3)cc2)cc1. The molecule has 4 nitrogen and oxygen atoms in total. The van der Waals surface area contributed by atoms with Crippen molar-refractivity contribution >= 4 is 44.7 Å². The number of benzene rings is 3. The van der Waals surface area contributed by atoms with Crippen LogP contribution in [0.25, 0.3) is 0 Å². The first-order chi connectivity index (χ1) is 13.7. The summed E-state index contributed by atoms with van der Waals surface area (Å²) in [6.07, 6.45) is 0.490. The maximum Gasteiger partial charge on any atom is 0.261 e. The number of carbonyl (C=O) groups is 1. The zero-order valence-electron chi connectivity index (χ0n) is 15.7. The van der Waals surface area contributed by atoms with Crippen molar-refractivity contribution < 1.29 is 13.2 Å². The van der Waals surface area contributed by atoms with Gasteiger partial charge in [-0.3, -0.25) is 9.52 Å². The Hall–Kier alpha value is -2.34. The van der Waals surface area contributed by atoms with E-state index in [2.05, 4.69) is 4.72 Å². The molecule has 0 aliphatic heterocycles. The van der Waals surface area contributed by atoms with Gasteiger partial charge in [0.2, 0.25) is 0 Å². The highest BCUT2D eigenvalue weighted by molar-refractivity contribution is 7.92. The zero-order chi connectivity index (χ0) is 21.0. The number of carbonyl (C=O) groups excluding carboxylic acids is 1. The molecule has 7 heteroatoms. The predicted octanol–water partition coefficient (Wildman–Crippen LogP) is 5.46. The van der Waals surface area contributed by atoms with E-state index in [1.165, 1.54) is 0 Å². The van der Waals surface area contributed by atoms with Crippen molar-refractivity contribution in [2.24, 2.45) is 0 Å². The number of hydrogen-bond acceptors (Lipinski definition) is 3. The van der Waals surface area contributed by atoms with E-state index in [0.717, 1.165) is 16.7 Å². The average molecular weight is 448 g/mol. The van der Waals surface area contributed by atoms with Gasteiger partial charge in [0.1, 0.15) is 5.78 Å². The largest absolute Gasteiger partial charge is 0.299 e. The second-order valence-corrected chi connectivity index (χ2v) is 9.25. The molecule has 150 valence electrons. The Morgan fingerprint density at radius 3 is 2.03 bits per heavy atom. The van der Waals surface area contributed by atoms with Crippen molar-refractivity contribution in [3.8, 4) is 0 Å². The first-order valence-electron chi connectivity index (χ1n) is 8.87. The third-order valence-electron chi connectivity index (χ3n) is 4.32. The molecule has 3 rings (SSSR count). The van der Waals surface area contributed by atoms with Crippen LogP contribution in [0.15, 0.2) is 71.6 Å². The molecule has 0 radical (unpaired) electrons. The molecule has 0 saturated carbocycles. The fourth-order valence-corrected chi connectivity index (χ4v) is 4.17. The molecule has 0 unspecified atom stereocenters. The van der Waals surface area contributed by atoms with Gasteiger partial charge in [0.25, 0.3) is 10.0 Å². The minimum atomic E-state index is -3.65. The minimum absolute atomic E-state index is 0.0244. The van der Waals surface area contributed by atoms with Crippen molar-refractivity contribution in [1.82, 2.24) is 0 Å². The van der Waals surface area contributed by atoms with Crippen molar-refractivity contribution in [2.45, 2.75) is 24.7 Å². The van der Waals surface area contributed by atoms with E-state index < -0.39 is 10.0 Å². The topological polar surface area (TPSA) is 63.2 Å². The molecule has 0 fully saturated rings. The summed E-state index contributed by atoms with van der Waals surface area (Å²) < 4.78 is 27.4. The van der Waals surface area contributed by atoms with Gasteiger partial charge >= 0.3 is 0 Å². The molecule has 0 amide bonds. The molecule has 0 aliphatic carbocycles. The number of anilines is 1. The number of halogens is 2. The van der Waals surface area contributed by atoms with Gasteiger partial charge in [-0.25, -0.2) is 8.42 Å². The highest BCUT2D eigenvalue weighted by atomic mass is 35.5. The van der Waals surface area contributed by atoms with Crippen LogP contribution in [-0.2, 0) is 27.7 Å². The smallest absolute Gasteiger partial charge is 0.261 e. The van der Waals surface area contributed by atoms with Crippen molar-refractivity contribution in [2.75, 3.05) is 4.72 Å². The van der Waals surface area contributed by atoms with E-state index in [1.807, 2.05) is 6.92 Å². The van der Waals surface area contributed by atoms with Gasteiger partial charge in [0, 0.05) is 18.5 Å². The van der Waals surface area contributed by atoms with Crippen molar-refractivity contribution in [1.29, 1.82) is 0 Å². The Balaban J connectivity index is 1.63. The monoisotopic (exact) mass is 447 g/mol. The third-order valence-corrected chi connectivity index (χ3v) is 6.46. The number of hydrogen-bond donors (Lipinski definition) is 1. The molecule has 0 atom stereocenters. The lowest BCUT2D eigenvalue weighted by atomic mass is 10.0. The van der Waals surface area contributed by atoms with Gasteiger partial charge in [0.15, 0.2) is 0 Å². The Morgan fingerprint density at radius 1 is 0.828 bits per heavy atom. The Labute approximate surface area is 180 Å². The van der Waals surface area contributed by atoms with Crippen LogP contribution in [0.5, 0.6) is 0 Å². The van der Waals surface area contributed by atoms with E-state index in [1.54, 1.807) is 66.7 Å². The van der Waals surface area contributed by atoms with Crippen LogP contribution in [0.3, 0.4) is 0 Å². The molecular weight excluding hydrogens is 429 g/mol. The molecule has 0 saturated heterocycles. The van der Waals surface area contributed by atoms with E-state index in [4.69, 9.17) is 23.2 Å². The van der Waals surface area contributed by atoms with Gasteiger partial charge < -0.3 is 0 Å². The fourth-order valence-electron chi connectivity index (χ4n) is 2.79. The van der Waals surface area contributed by atoms with Crippen LogP contribution < -0.4 is 4.72 Å². The average Bonchev–Trinajstić information content (AvgIpc) is 2.66. The normalized spacial score (nSPS) is 11.3. The predicted molar refractivity (Wildman–Crippen MR) is 117 cm³/mol. The molecule has 1 N–H and O–H groups in total. The standard InChI is InChI=1S/C22H19Cl2NO3S/c1-15-2-9-20(10-3-15)29(27,28)25-18-7-4-16(5-8-18)12-19(26)13-17-6-11-21(23)22(24)14-17/h2-11,14,25H,12-13H2,1H3. The molecule has 0 spiro atoms.